The first-order valence-electron chi connectivity index (χ1n) is 11.4. The van der Waals surface area contributed by atoms with Crippen molar-refractivity contribution in [2.24, 2.45) is 0 Å². The Morgan fingerprint density at radius 1 is 0.886 bits per heavy atom. The second kappa shape index (κ2) is 8.56. The molecule has 0 fully saturated rings. The summed E-state index contributed by atoms with van der Waals surface area (Å²) in [5, 5.41) is 0. The molecule has 6 rings (SSSR count). The van der Waals surface area contributed by atoms with E-state index in [0.717, 1.165) is 56.0 Å². The van der Waals surface area contributed by atoms with Crippen molar-refractivity contribution in [1.82, 2.24) is 34.1 Å². The quantitative estimate of drug-likeness (QED) is 0.294. The van der Waals surface area contributed by atoms with Crippen molar-refractivity contribution in [2.45, 2.75) is 26.7 Å². The number of rotatable bonds is 5. The number of fused-ring (bicyclic) bond motifs is 1. The third-order valence-electron chi connectivity index (χ3n) is 5.91. The first kappa shape index (κ1) is 21.4. The number of hydrogen-bond acceptors (Lipinski definition) is 6. The maximum absolute atomic E-state index is 4.98. The Morgan fingerprint density at radius 2 is 1.71 bits per heavy atom. The zero-order valence-corrected chi connectivity index (χ0v) is 20.4. The van der Waals surface area contributed by atoms with Crippen LogP contribution in [0.25, 0.3) is 44.5 Å². The number of benzene rings is 1. The Hall–Kier alpha value is -4.17. The number of pyridine rings is 2. The van der Waals surface area contributed by atoms with Crippen molar-refractivity contribution in [3.05, 3.63) is 90.3 Å². The largest absolute Gasteiger partial charge is 0.298 e. The van der Waals surface area contributed by atoms with E-state index in [1.165, 1.54) is 0 Å². The molecule has 0 atom stereocenters. The lowest BCUT2D eigenvalue weighted by Gasteiger charge is -2.12. The second-order valence-electron chi connectivity index (χ2n) is 8.70. The van der Waals surface area contributed by atoms with Gasteiger partial charge in [-0.15, -0.1) is 11.3 Å². The summed E-state index contributed by atoms with van der Waals surface area (Å²) in [6, 6.07) is 16.4. The average molecular weight is 478 g/mol. The van der Waals surface area contributed by atoms with Crippen LogP contribution in [0.2, 0.25) is 0 Å². The zero-order chi connectivity index (χ0) is 23.9. The molecule has 1 aromatic carbocycles. The molecule has 7 nitrogen and oxygen atoms in total. The van der Waals surface area contributed by atoms with Gasteiger partial charge in [-0.2, -0.15) is 0 Å². The van der Waals surface area contributed by atoms with Crippen LogP contribution in [0.5, 0.6) is 0 Å². The normalized spacial score (nSPS) is 11.5. The Bertz CT molecular complexity index is 1610. The molecule has 0 N–H and O–H groups in total. The van der Waals surface area contributed by atoms with Crippen LogP contribution in [0.15, 0.2) is 78.8 Å². The third kappa shape index (κ3) is 3.81. The van der Waals surface area contributed by atoms with Gasteiger partial charge in [-0.05, 0) is 55.5 Å². The lowest BCUT2D eigenvalue weighted by atomic mass is 10.1. The van der Waals surface area contributed by atoms with Gasteiger partial charge >= 0.3 is 0 Å². The fraction of sp³-hybridized carbons (Fsp3) is 0.148. The van der Waals surface area contributed by atoms with Crippen LogP contribution in [0, 0.1) is 6.92 Å². The molecule has 0 spiro atoms. The second-order valence-corrected chi connectivity index (χ2v) is 9.58. The highest BCUT2D eigenvalue weighted by molar-refractivity contribution is 7.13. The van der Waals surface area contributed by atoms with Crippen molar-refractivity contribution in [3.63, 3.8) is 0 Å². The van der Waals surface area contributed by atoms with Gasteiger partial charge in [0.1, 0.15) is 22.9 Å². The van der Waals surface area contributed by atoms with Gasteiger partial charge in [0.25, 0.3) is 0 Å². The first-order valence-corrected chi connectivity index (χ1v) is 12.3. The Kier molecular flexibility index (Phi) is 5.22. The van der Waals surface area contributed by atoms with Gasteiger partial charge in [0, 0.05) is 41.5 Å². The van der Waals surface area contributed by atoms with Gasteiger partial charge in [-0.25, -0.2) is 15.0 Å². The summed E-state index contributed by atoms with van der Waals surface area (Å²) in [7, 11) is 0. The Morgan fingerprint density at radius 3 is 2.43 bits per heavy atom. The minimum absolute atomic E-state index is 0.263. The molecule has 0 bridgehead atoms. The van der Waals surface area contributed by atoms with E-state index in [1.54, 1.807) is 11.3 Å². The van der Waals surface area contributed by atoms with Gasteiger partial charge in [-0.3, -0.25) is 19.1 Å². The highest BCUT2D eigenvalue weighted by Gasteiger charge is 2.18. The number of aryl methyl sites for hydroxylation is 1. The van der Waals surface area contributed by atoms with E-state index >= 15 is 0 Å². The number of hydrogen-bond donors (Lipinski definition) is 0. The van der Waals surface area contributed by atoms with E-state index in [0.29, 0.717) is 0 Å². The summed E-state index contributed by atoms with van der Waals surface area (Å²) in [6.45, 7) is 6.29. The number of thiazole rings is 1. The Balaban J connectivity index is 1.47. The van der Waals surface area contributed by atoms with Crippen LogP contribution in [-0.2, 0) is 0 Å². The van der Waals surface area contributed by atoms with Crippen LogP contribution < -0.4 is 0 Å². The SMILES string of the molecule is Cc1ccc(-n2cc(-c3cncs3)nc2-c2ccc(-n3c(C(C)C)nc4cccnc43)cc2)cn1. The summed E-state index contributed by atoms with van der Waals surface area (Å²) >= 11 is 1.58. The average Bonchev–Trinajstić information content (AvgIpc) is 3.63. The summed E-state index contributed by atoms with van der Waals surface area (Å²) in [6.07, 6.45) is 7.59. The van der Waals surface area contributed by atoms with Gasteiger partial charge in [0.2, 0.25) is 0 Å². The fourth-order valence-electron chi connectivity index (χ4n) is 4.18. The van der Waals surface area contributed by atoms with Crippen molar-refractivity contribution < 1.29 is 0 Å². The molecule has 0 saturated carbocycles. The highest BCUT2D eigenvalue weighted by Crippen LogP contribution is 2.31. The predicted octanol–water partition coefficient (Wildman–Crippen LogP) is 6.22. The maximum atomic E-state index is 4.98. The number of nitrogens with zero attached hydrogens (tertiary/aromatic N) is 7. The summed E-state index contributed by atoms with van der Waals surface area (Å²) in [5.74, 6) is 2.10. The van der Waals surface area contributed by atoms with E-state index < -0.39 is 0 Å². The van der Waals surface area contributed by atoms with Gasteiger partial charge in [0.05, 0.1) is 22.3 Å². The molecule has 0 aliphatic carbocycles. The van der Waals surface area contributed by atoms with E-state index in [1.807, 2.05) is 55.4 Å². The van der Waals surface area contributed by atoms with Crippen molar-refractivity contribution >= 4 is 22.5 Å². The molecule has 8 heteroatoms. The molecular weight excluding hydrogens is 454 g/mol. The molecule has 5 heterocycles. The topological polar surface area (TPSA) is 74.3 Å². The van der Waals surface area contributed by atoms with E-state index in [-0.39, 0.29) is 5.92 Å². The summed E-state index contributed by atoms with van der Waals surface area (Å²) in [4.78, 5) is 24.2. The van der Waals surface area contributed by atoms with Gasteiger partial charge < -0.3 is 0 Å². The standard InChI is InChI=1S/C27H23N7S/c1-17(2)25-31-22-5-4-12-29-27(22)34(25)20-10-7-19(8-11-20)26-32-23(24-14-28-16-35-24)15-33(26)21-9-6-18(3)30-13-21/h4-17H,1-3H3. The molecule has 35 heavy (non-hydrogen) atoms. The van der Waals surface area contributed by atoms with E-state index in [4.69, 9.17) is 9.97 Å². The zero-order valence-electron chi connectivity index (χ0n) is 19.6. The van der Waals surface area contributed by atoms with Crippen molar-refractivity contribution in [3.8, 4) is 33.3 Å². The van der Waals surface area contributed by atoms with Crippen LogP contribution in [0.4, 0.5) is 0 Å². The van der Waals surface area contributed by atoms with E-state index in [2.05, 4.69) is 68.3 Å². The molecule has 6 aromatic rings. The molecule has 0 saturated heterocycles. The molecule has 0 amide bonds. The predicted molar refractivity (Wildman–Crippen MR) is 139 cm³/mol. The minimum Gasteiger partial charge on any atom is -0.298 e. The van der Waals surface area contributed by atoms with E-state index in [9.17, 15) is 0 Å². The third-order valence-corrected chi connectivity index (χ3v) is 6.70. The minimum atomic E-state index is 0.263. The maximum Gasteiger partial charge on any atom is 0.164 e. The molecule has 0 unspecified atom stereocenters. The Labute approximate surface area is 206 Å². The van der Waals surface area contributed by atoms with Gasteiger partial charge in [0.15, 0.2) is 5.65 Å². The summed E-state index contributed by atoms with van der Waals surface area (Å²) in [5.41, 5.74) is 8.45. The lowest BCUT2D eigenvalue weighted by molar-refractivity contribution is 0.757. The van der Waals surface area contributed by atoms with Crippen LogP contribution >= 0.6 is 11.3 Å². The monoisotopic (exact) mass is 477 g/mol. The van der Waals surface area contributed by atoms with Crippen molar-refractivity contribution in [2.75, 3.05) is 0 Å². The van der Waals surface area contributed by atoms with Crippen LogP contribution in [0.3, 0.4) is 0 Å². The summed E-state index contributed by atoms with van der Waals surface area (Å²) < 4.78 is 4.23. The lowest BCUT2D eigenvalue weighted by Crippen LogP contribution is -2.04. The van der Waals surface area contributed by atoms with Crippen LogP contribution in [0.1, 0.15) is 31.3 Å². The van der Waals surface area contributed by atoms with Crippen LogP contribution in [-0.4, -0.2) is 34.1 Å². The number of imidazole rings is 2. The highest BCUT2D eigenvalue weighted by atomic mass is 32.1. The molecule has 172 valence electrons. The first-order chi connectivity index (χ1) is 17.1. The molecule has 0 radical (unpaired) electrons. The fourth-order valence-corrected chi connectivity index (χ4v) is 4.75. The molecular formula is C27H23N7S. The molecule has 0 aliphatic rings. The molecule has 5 aromatic heterocycles. The number of aromatic nitrogens is 7. The molecule has 0 aliphatic heterocycles. The van der Waals surface area contributed by atoms with Gasteiger partial charge in [-0.1, -0.05) is 13.8 Å². The van der Waals surface area contributed by atoms with Crippen molar-refractivity contribution in [1.29, 1.82) is 0 Å². The smallest absolute Gasteiger partial charge is 0.164 e.